The number of aliphatic imine (C=N–C) groups is 1. The molecule has 18 heavy (non-hydrogen) atoms. The van der Waals surface area contributed by atoms with E-state index in [9.17, 15) is 10.1 Å². The van der Waals surface area contributed by atoms with Crippen molar-refractivity contribution in [2.75, 3.05) is 24.7 Å². The standard InChI is InChI=1S/C11H12N2O3S2/c14-13(15)9-3-1-2-4-10(9)16-6-8-18-11-12-5-7-17-11/h1-4H,5-8H2. The minimum absolute atomic E-state index is 0.00934. The highest BCUT2D eigenvalue weighted by atomic mass is 32.2. The summed E-state index contributed by atoms with van der Waals surface area (Å²) >= 11 is 3.38. The zero-order chi connectivity index (χ0) is 12.8. The van der Waals surface area contributed by atoms with Gasteiger partial charge in [-0.05, 0) is 6.07 Å². The van der Waals surface area contributed by atoms with E-state index in [2.05, 4.69) is 4.99 Å². The van der Waals surface area contributed by atoms with E-state index < -0.39 is 4.92 Å². The van der Waals surface area contributed by atoms with Gasteiger partial charge in [-0.1, -0.05) is 35.7 Å². The van der Waals surface area contributed by atoms with Gasteiger partial charge in [-0.15, -0.1) is 0 Å². The minimum Gasteiger partial charge on any atom is -0.486 e. The van der Waals surface area contributed by atoms with Gasteiger partial charge in [0.15, 0.2) is 5.75 Å². The molecule has 0 amide bonds. The van der Waals surface area contributed by atoms with E-state index in [4.69, 9.17) is 4.74 Å². The van der Waals surface area contributed by atoms with E-state index in [1.54, 1.807) is 41.7 Å². The second kappa shape index (κ2) is 6.65. The van der Waals surface area contributed by atoms with E-state index in [-0.39, 0.29) is 5.69 Å². The normalized spacial score (nSPS) is 14.3. The summed E-state index contributed by atoms with van der Waals surface area (Å²) in [5, 5.41) is 10.8. The molecule has 1 aliphatic heterocycles. The predicted molar refractivity (Wildman–Crippen MR) is 75.8 cm³/mol. The highest BCUT2D eigenvalue weighted by Gasteiger charge is 2.13. The number of hydrogen-bond donors (Lipinski definition) is 0. The van der Waals surface area contributed by atoms with Crippen LogP contribution in [0.1, 0.15) is 0 Å². The van der Waals surface area contributed by atoms with Crippen molar-refractivity contribution in [1.82, 2.24) is 0 Å². The molecule has 0 saturated carbocycles. The molecule has 1 aromatic carbocycles. The van der Waals surface area contributed by atoms with Crippen LogP contribution in [0.25, 0.3) is 0 Å². The van der Waals surface area contributed by atoms with Gasteiger partial charge in [-0.3, -0.25) is 15.1 Å². The Morgan fingerprint density at radius 3 is 3.06 bits per heavy atom. The number of para-hydroxylation sites is 2. The van der Waals surface area contributed by atoms with Crippen molar-refractivity contribution >= 4 is 33.6 Å². The lowest BCUT2D eigenvalue weighted by Crippen LogP contribution is -2.03. The summed E-state index contributed by atoms with van der Waals surface area (Å²) in [5.74, 6) is 2.12. The van der Waals surface area contributed by atoms with Crippen LogP contribution in [-0.2, 0) is 0 Å². The fraction of sp³-hybridized carbons (Fsp3) is 0.364. The molecule has 0 radical (unpaired) electrons. The molecule has 0 fully saturated rings. The first kappa shape index (κ1) is 13.2. The monoisotopic (exact) mass is 284 g/mol. The van der Waals surface area contributed by atoms with Crippen LogP contribution in [0, 0.1) is 10.1 Å². The van der Waals surface area contributed by atoms with Gasteiger partial charge in [0.2, 0.25) is 0 Å². The maximum atomic E-state index is 10.8. The van der Waals surface area contributed by atoms with Crippen LogP contribution >= 0.6 is 23.5 Å². The number of ether oxygens (including phenoxy) is 1. The quantitative estimate of drug-likeness (QED) is 0.472. The van der Waals surface area contributed by atoms with Gasteiger partial charge in [0.25, 0.3) is 0 Å². The molecule has 0 atom stereocenters. The first-order valence-electron chi connectivity index (χ1n) is 5.43. The van der Waals surface area contributed by atoms with Crippen LogP contribution < -0.4 is 4.74 Å². The topological polar surface area (TPSA) is 64.7 Å². The van der Waals surface area contributed by atoms with Gasteiger partial charge in [0.1, 0.15) is 4.38 Å². The number of thioether (sulfide) groups is 2. The van der Waals surface area contributed by atoms with Crippen LogP contribution in [0.15, 0.2) is 29.3 Å². The number of rotatable bonds is 5. The molecule has 0 aliphatic carbocycles. The Morgan fingerprint density at radius 1 is 1.50 bits per heavy atom. The molecular formula is C11H12N2O3S2. The van der Waals surface area contributed by atoms with Crippen LogP contribution in [0.2, 0.25) is 0 Å². The van der Waals surface area contributed by atoms with E-state index >= 15 is 0 Å². The Bertz CT molecular complexity index is 465. The van der Waals surface area contributed by atoms with Gasteiger partial charge < -0.3 is 4.74 Å². The van der Waals surface area contributed by atoms with Crippen molar-refractivity contribution in [1.29, 1.82) is 0 Å². The summed E-state index contributed by atoms with van der Waals surface area (Å²) < 4.78 is 6.52. The first-order chi connectivity index (χ1) is 8.77. The zero-order valence-electron chi connectivity index (χ0n) is 9.57. The average Bonchev–Trinajstić information content (AvgIpc) is 2.88. The molecule has 1 heterocycles. The van der Waals surface area contributed by atoms with Crippen molar-refractivity contribution < 1.29 is 9.66 Å². The van der Waals surface area contributed by atoms with Gasteiger partial charge >= 0.3 is 5.69 Å². The van der Waals surface area contributed by atoms with Gasteiger partial charge in [-0.25, -0.2) is 0 Å². The highest BCUT2D eigenvalue weighted by Crippen LogP contribution is 2.26. The van der Waals surface area contributed by atoms with Gasteiger partial charge in [0, 0.05) is 17.6 Å². The molecule has 0 aromatic heterocycles. The summed E-state index contributed by atoms with van der Waals surface area (Å²) in [6.45, 7) is 1.33. The Labute approximate surface area is 113 Å². The Hall–Kier alpha value is -1.21. The molecule has 0 unspecified atom stereocenters. The first-order valence-corrected chi connectivity index (χ1v) is 7.41. The summed E-state index contributed by atoms with van der Waals surface area (Å²) in [6, 6.07) is 6.42. The second-order valence-corrected chi connectivity index (χ2v) is 5.84. The molecule has 0 saturated heterocycles. The van der Waals surface area contributed by atoms with Crippen molar-refractivity contribution in [3.05, 3.63) is 34.4 Å². The lowest BCUT2D eigenvalue weighted by molar-refractivity contribution is -0.385. The molecule has 96 valence electrons. The van der Waals surface area contributed by atoms with Crippen LogP contribution in [-0.4, -0.2) is 34.0 Å². The molecule has 1 aliphatic rings. The SMILES string of the molecule is O=[N+]([O-])c1ccccc1OCCSC1=NCCS1. The third-order valence-corrected chi connectivity index (χ3v) is 4.40. The molecular weight excluding hydrogens is 272 g/mol. The molecule has 2 rings (SSSR count). The number of nitro benzene ring substituents is 1. The lowest BCUT2D eigenvalue weighted by Gasteiger charge is -2.05. The summed E-state index contributed by atoms with van der Waals surface area (Å²) in [4.78, 5) is 14.6. The fourth-order valence-corrected chi connectivity index (χ4v) is 3.31. The highest BCUT2D eigenvalue weighted by molar-refractivity contribution is 8.39. The smallest absolute Gasteiger partial charge is 0.310 e. The summed E-state index contributed by atoms with van der Waals surface area (Å²) in [7, 11) is 0. The second-order valence-electron chi connectivity index (χ2n) is 3.42. The van der Waals surface area contributed by atoms with Crippen LogP contribution in [0.4, 0.5) is 5.69 Å². The van der Waals surface area contributed by atoms with E-state index in [0.29, 0.717) is 12.4 Å². The number of nitro groups is 1. The fourth-order valence-electron chi connectivity index (χ4n) is 1.41. The minimum atomic E-state index is -0.431. The largest absolute Gasteiger partial charge is 0.486 e. The van der Waals surface area contributed by atoms with Gasteiger partial charge in [0.05, 0.1) is 18.1 Å². The molecule has 0 N–H and O–H groups in total. The number of benzene rings is 1. The maximum absolute atomic E-state index is 10.8. The zero-order valence-corrected chi connectivity index (χ0v) is 11.2. The Balaban J connectivity index is 1.81. The third-order valence-electron chi connectivity index (χ3n) is 2.19. The molecule has 0 spiro atoms. The maximum Gasteiger partial charge on any atom is 0.310 e. The van der Waals surface area contributed by atoms with Gasteiger partial charge in [-0.2, -0.15) is 0 Å². The van der Waals surface area contributed by atoms with Crippen molar-refractivity contribution in [2.24, 2.45) is 4.99 Å². The van der Waals surface area contributed by atoms with E-state index in [0.717, 1.165) is 22.4 Å². The Morgan fingerprint density at radius 2 is 2.33 bits per heavy atom. The summed E-state index contributed by atoms with van der Waals surface area (Å²) in [6.07, 6.45) is 0. The molecule has 1 aromatic rings. The molecule has 5 nitrogen and oxygen atoms in total. The van der Waals surface area contributed by atoms with Crippen LogP contribution in [0.3, 0.4) is 0 Å². The summed E-state index contributed by atoms with van der Waals surface area (Å²) in [5.41, 5.74) is 0.00934. The van der Waals surface area contributed by atoms with Crippen molar-refractivity contribution in [3.8, 4) is 5.75 Å². The van der Waals surface area contributed by atoms with Crippen LogP contribution in [0.5, 0.6) is 5.75 Å². The predicted octanol–water partition coefficient (Wildman–Crippen LogP) is 2.81. The molecule has 0 bridgehead atoms. The number of hydrogen-bond acceptors (Lipinski definition) is 6. The van der Waals surface area contributed by atoms with E-state index in [1.807, 2.05) is 0 Å². The Kier molecular flexibility index (Phi) is 4.89. The van der Waals surface area contributed by atoms with E-state index in [1.165, 1.54) is 6.07 Å². The van der Waals surface area contributed by atoms with Crippen molar-refractivity contribution in [2.45, 2.75) is 0 Å². The number of nitrogens with zero attached hydrogens (tertiary/aromatic N) is 2. The van der Waals surface area contributed by atoms with Crippen molar-refractivity contribution in [3.63, 3.8) is 0 Å². The average molecular weight is 284 g/mol. The lowest BCUT2D eigenvalue weighted by atomic mass is 10.3. The molecule has 7 heteroatoms. The third kappa shape index (κ3) is 3.64.